The Morgan fingerprint density at radius 2 is 2.11 bits per heavy atom. The number of H-pyrrole nitrogens is 1. The molecule has 1 aromatic carbocycles. The monoisotopic (exact) mass is 505 g/mol. The van der Waals surface area contributed by atoms with Gasteiger partial charge in [-0.05, 0) is 37.9 Å². The Morgan fingerprint density at radius 3 is 2.74 bits per heavy atom. The van der Waals surface area contributed by atoms with Crippen molar-refractivity contribution in [2.45, 2.75) is 31.3 Å². The Hall–Kier alpha value is -3.22. The minimum absolute atomic E-state index is 0.0257. The Labute approximate surface area is 203 Å². The van der Waals surface area contributed by atoms with Crippen LogP contribution in [0.2, 0.25) is 0 Å². The van der Waals surface area contributed by atoms with Crippen molar-refractivity contribution in [3.05, 3.63) is 62.5 Å². The Kier molecular flexibility index (Phi) is 7.24. The number of nitrogens with one attached hydrogen (secondary N) is 2. The first kappa shape index (κ1) is 24.9. The minimum Gasteiger partial charge on any atom is -0.503 e. The lowest BCUT2D eigenvalue weighted by molar-refractivity contribution is -0.0107. The first-order valence-corrected chi connectivity index (χ1v) is 11.8. The van der Waals surface area contributed by atoms with Crippen molar-refractivity contribution < 1.29 is 23.4 Å². The number of halogens is 2. The number of aromatic nitrogens is 3. The van der Waals surface area contributed by atoms with Crippen molar-refractivity contribution in [2.24, 2.45) is 0 Å². The van der Waals surface area contributed by atoms with E-state index < -0.39 is 34.4 Å². The quantitative estimate of drug-likeness (QED) is 0.383. The van der Waals surface area contributed by atoms with Gasteiger partial charge in [-0.2, -0.15) is 0 Å². The van der Waals surface area contributed by atoms with Gasteiger partial charge in [0.1, 0.15) is 16.6 Å². The van der Waals surface area contributed by atoms with E-state index in [1.54, 1.807) is 11.9 Å². The van der Waals surface area contributed by atoms with Crippen LogP contribution in [0.3, 0.4) is 0 Å². The van der Waals surface area contributed by atoms with Crippen LogP contribution in [-0.4, -0.2) is 64.1 Å². The first-order chi connectivity index (χ1) is 16.8. The Morgan fingerprint density at radius 1 is 1.34 bits per heavy atom. The maximum atomic E-state index is 14.0. The molecule has 0 radical (unpaired) electrons. The van der Waals surface area contributed by atoms with E-state index in [2.05, 4.69) is 20.5 Å². The van der Waals surface area contributed by atoms with Gasteiger partial charge in [0.15, 0.2) is 16.5 Å². The third kappa shape index (κ3) is 4.81. The van der Waals surface area contributed by atoms with Crippen LogP contribution in [0.1, 0.15) is 40.3 Å². The molecule has 9 nitrogen and oxygen atoms in total. The maximum Gasteiger partial charge on any atom is 0.275 e. The van der Waals surface area contributed by atoms with Gasteiger partial charge in [-0.1, -0.05) is 17.4 Å². The van der Waals surface area contributed by atoms with E-state index in [4.69, 9.17) is 4.74 Å². The number of hydrogen-bond donors (Lipinski definition) is 3. The molecule has 0 bridgehead atoms. The molecule has 0 atom stereocenters. The first-order valence-electron chi connectivity index (χ1n) is 11.0. The number of aromatic hydroxyl groups is 1. The summed E-state index contributed by atoms with van der Waals surface area (Å²) in [4.78, 5) is 30.6. The molecular weight excluding hydrogens is 480 g/mol. The van der Waals surface area contributed by atoms with E-state index in [-0.39, 0.29) is 34.8 Å². The molecule has 12 heteroatoms. The van der Waals surface area contributed by atoms with Gasteiger partial charge >= 0.3 is 0 Å². The number of hydrogen-bond acceptors (Lipinski definition) is 8. The number of nitrogens with zero attached hydrogens (tertiary/aromatic N) is 3. The van der Waals surface area contributed by atoms with Gasteiger partial charge < -0.3 is 19.7 Å². The molecule has 1 fully saturated rings. The van der Waals surface area contributed by atoms with E-state index in [0.717, 1.165) is 42.7 Å². The highest BCUT2D eigenvalue weighted by Crippen LogP contribution is 2.36. The van der Waals surface area contributed by atoms with Gasteiger partial charge in [0.2, 0.25) is 5.43 Å². The average Bonchev–Trinajstić information content (AvgIpc) is 3.27. The number of benzene rings is 1. The molecule has 1 amide bonds. The van der Waals surface area contributed by atoms with Crippen LogP contribution in [0.15, 0.2) is 29.2 Å². The van der Waals surface area contributed by atoms with Crippen molar-refractivity contribution in [3.63, 3.8) is 0 Å². The lowest BCUT2D eigenvalue weighted by atomic mass is 9.83. The van der Waals surface area contributed by atoms with Crippen LogP contribution in [0.5, 0.6) is 5.75 Å². The molecule has 2 heterocycles. The fraction of sp³-hybridized carbons (Fsp3) is 0.391. The molecule has 3 aromatic rings. The number of ether oxygens (including phenoxy) is 1. The largest absolute Gasteiger partial charge is 0.503 e. The summed E-state index contributed by atoms with van der Waals surface area (Å²) in [6.45, 7) is 0.569. The molecule has 1 aliphatic carbocycles. The molecule has 0 saturated heterocycles. The highest BCUT2D eigenvalue weighted by Gasteiger charge is 2.44. The van der Waals surface area contributed by atoms with E-state index in [1.807, 2.05) is 0 Å². The summed E-state index contributed by atoms with van der Waals surface area (Å²) in [6.07, 6.45) is 3.79. The summed E-state index contributed by atoms with van der Waals surface area (Å²) in [5.74, 6) is -2.63. The number of amides is 1. The molecule has 2 aromatic heterocycles. The fourth-order valence-electron chi connectivity index (χ4n) is 4.10. The Bertz CT molecular complexity index is 1290. The van der Waals surface area contributed by atoms with Gasteiger partial charge in [0, 0.05) is 32.3 Å². The SMILES string of the molecule is CNC1(N(CCOC)C(=O)c2[nH]cc(-c3nnc(Cc4ccc(F)cc4F)s3)c(=O)c2O)CCC1. The summed E-state index contributed by atoms with van der Waals surface area (Å²) in [5.41, 5.74) is -1.31. The average molecular weight is 506 g/mol. The highest BCUT2D eigenvalue weighted by molar-refractivity contribution is 7.14. The van der Waals surface area contributed by atoms with Gasteiger partial charge in [-0.3, -0.25) is 14.9 Å². The molecule has 0 aliphatic heterocycles. The topological polar surface area (TPSA) is 120 Å². The third-order valence-electron chi connectivity index (χ3n) is 6.25. The molecular formula is C23H25F2N5O4S. The predicted molar refractivity (Wildman–Crippen MR) is 125 cm³/mol. The number of methoxy groups -OCH3 is 1. The van der Waals surface area contributed by atoms with Crippen LogP contribution in [0, 0.1) is 11.6 Å². The Balaban J connectivity index is 1.60. The normalized spacial score (nSPS) is 14.5. The van der Waals surface area contributed by atoms with Gasteiger partial charge in [-0.15, -0.1) is 10.2 Å². The number of rotatable bonds is 9. The summed E-state index contributed by atoms with van der Waals surface area (Å²) in [5, 5.41) is 22.4. The summed E-state index contributed by atoms with van der Waals surface area (Å²) >= 11 is 1.03. The second-order valence-electron chi connectivity index (χ2n) is 8.25. The second kappa shape index (κ2) is 10.2. The molecule has 1 saturated carbocycles. The van der Waals surface area contributed by atoms with Crippen molar-refractivity contribution in [1.82, 2.24) is 25.4 Å². The number of pyridine rings is 1. The predicted octanol–water partition coefficient (Wildman–Crippen LogP) is 2.66. The summed E-state index contributed by atoms with van der Waals surface area (Å²) < 4.78 is 32.2. The van der Waals surface area contributed by atoms with Crippen LogP contribution >= 0.6 is 11.3 Å². The third-order valence-corrected chi connectivity index (χ3v) is 7.21. The van der Waals surface area contributed by atoms with E-state index in [0.29, 0.717) is 11.6 Å². The van der Waals surface area contributed by atoms with Crippen LogP contribution in [0.25, 0.3) is 10.6 Å². The molecule has 4 rings (SSSR count). The lowest BCUT2D eigenvalue weighted by Gasteiger charge is -2.50. The molecule has 0 spiro atoms. The molecule has 0 unspecified atom stereocenters. The van der Waals surface area contributed by atoms with Crippen LogP contribution in [0.4, 0.5) is 8.78 Å². The van der Waals surface area contributed by atoms with Crippen LogP contribution in [-0.2, 0) is 11.2 Å². The zero-order chi connectivity index (χ0) is 25.2. The number of carbonyl (C=O) groups excluding carboxylic acids is 1. The van der Waals surface area contributed by atoms with Crippen molar-refractivity contribution in [2.75, 3.05) is 27.3 Å². The number of carbonyl (C=O) groups is 1. The van der Waals surface area contributed by atoms with Gasteiger partial charge in [0.25, 0.3) is 5.91 Å². The fourth-order valence-corrected chi connectivity index (χ4v) is 4.97. The van der Waals surface area contributed by atoms with E-state index in [9.17, 15) is 23.5 Å². The summed E-state index contributed by atoms with van der Waals surface area (Å²) in [7, 11) is 3.30. The van der Waals surface area contributed by atoms with Crippen molar-refractivity contribution in [3.8, 4) is 16.3 Å². The molecule has 3 N–H and O–H groups in total. The number of aromatic amines is 1. The zero-order valence-electron chi connectivity index (χ0n) is 19.2. The zero-order valence-corrected chi connectivity index (χ0v) is 20.0. The van der Waals surface area contributed by atoms with E-state index in [1.165, 1.54) is 19.4 Å². The van der Waals surface area contributed by atoms with Crippen molar-refractivity contribution >= 4 is 17.2 Å². The van der Waals surface area contributed by atoms with E-state index >= 15 is 0 Å². The summed E-state index contributed by atoms with van der Waals surface area (Å²) in [6, 6.07) is 3.25. The second-order valence-corrected chi connectivity index (χ2v) is 9.32. The maximum absolute atomic E-state index is 14.0. The smallest absolute Gasteiger partial charge is 0.275 e. The minimum atomic E-state index is -0.776. The van der Waals surface area contributed by atoms with Crippen molar-refractivity contribution in [1.29, 1.82) is 0 Å². The molecule has 186 valence electrons. The van der Waals surface area contributed by atoms with Gasteiger partial charge in [0.05, 0.1) is 17.8 Å². The lowest BCUT2D eigenvalue weighted by Crippen LogP contribution is -2.64. The standard InChI is InChI=1S/C23H25F2N5O4S/c1-26-23(6-3-7-23)30(8-9-34-2)22(33)18-20(32)19(31)15(12-27-18)21-29-28-17(35-21)10-13-4-5-14(24)11-16(13)25/h4-5,11-12,26,32H,3,6-10H2,1-2H3,(H,27,31). The van der Waals surface area contributed by atoms with Crippen LogP contribution < -0.4 is 10.7 Å². The highest BCUT2D eigenvalue weighted by atomic mass is 32.1. The molecule has 1 aliphatic rings. The molecule has 35 heavy (non-hydrogen) atoms. The van der Waals surface area contributed by atoms with Gasteiger partial charge in [-0.25, -0.2) is 8.78 Å².